The zero-order valence-electron chi connectivity index (χ0n) is 10.7. The molecule has 0 saturated carbocycles. The Morgan fingerprint density at radius 2 is 2.11 bits per heavy atom. The average molecular weight is 313 g/mol. The number of benzene rings is 1. The third kappa shape index (κ3) is 2.81. The van der Waals surface area contributed by atoms with Gasteiger partial charge < -0.3 is 5.73 Å². The minimum Gasteiger partial charge on any atom is -0.370 e. The molecule has 18 heavy (non-hydrogen) atoms. The molecule has 6 heteroatoms. The van der Waals surface area contributed by atoms with Crippen LogP contribution in [0.5, 0.6) is 0 Å². The van der Waals surface area contributed by atoms with Crippen molar-refractivity contribution in [1.82, 2.24) is 4.90 Å². The van der Waals surface area contributed by atoms with Crippen LogP contribution < -0.4 is 10.6 Å². The number of guanidine groups is 1. The molecule has 0 heterocycles. The van der Waals surface area contributed by atoms with E-state index in [9.17, 15) is 4.79 Å². The Labute approximate surface area is 115 Å². The maximum atomic E-state index is 12.2. The monoisotopic (exact) mass is 312 g/mol. The SMILES string of the molecule is CCN(C(=O)N(C)C(=N)N)c1c(C)cccc1Br. The van der Waals surface area contributed by atoms with Crippen LogP contribution in [-0.2, 0) is 0 Å². The van der Waals surface area contributed by atoms with Crippen molar-refractivity contribution >= 4 is 33.6 Å². The lowest BCUT2D eigenvalue weighted by atomic mass is 10.2. The highest BCUT2D eigenvalue weighted by Crippen LogP contribution is 2.30. The summed E-state index contributed by atoms with van der Waals surface area (Å²) in [6, 6.07) is 5.41. The van der Waals surface area contributed by atoms with Crippen molar-refractivity contribution in [2.24, 2.45) is 5.73 Å². The number of nitrogens with zero attached hydrogens (tertiary/aromatic N) is 2. The first-order valence-electron chi connectivity index (χ1n) is 5.54. The molecule has 1 aromatic rings. The molecule has 0 aliphatic heterocycles. The number of nitrogens with two attached hydrogens (primary N) is 1. The van der Waals surface area contributed by atoms with Crippen LogP contribution in [0.2, 0.25) is 0 Å². The van der Waals surface area contributed by atoms with E-state index in [0.717, 1.165) is 20.6 Å². The van der Waals surface area contributed by atoms with Gasteiger partial charge in [0.05, 0.1) is 5.69 Å². The van der Waals surface area contributed by atoms with E-state index in [1.165, 1.54) is 7.05 Å². The molecule has 0 aliphatic carbocycles. The smallest absolute Gasteiger partial charge is 0.331 e. The molecule has 0 radical (unpaired) electrons. The van der Waals surface area contributed by atoms with Gasteiger partial charge in [-0.3, -0.25) is 15.2 Å². The summed E-state index contributed by atoms with van der Waals surface area (Å²) in [7, 11) is 1.49. The highest BCUT2D eigenvalue weighted by atomic mass is 79.9. The molecule has 0 fully saturated rings. The van der Waals surface area contributed by atoms with E-state index in [1.807, 2.05) is 32.0 Å². The highest BCUT2D eigenvalue weighted by Gasteiger charge is 2.22. The van der Waals surface area contributed by atoms with Crippen LogP contribution in [0.25, 0.3) is 0 Å². The summed E-state index contributed by atoms with van der Waals surface area (Å²) < 4.78 is 0.842. The number of amides is 2. The number of hydrogen-bond acceptors (Lipinski definition) is 2. The van der Waals surface area contributed by atoms with Crippen molar-refractivity contribution in [2.45, 2.75) is 13.8 Å². The van der Waals surface area contributed by atoms with Crippen LogP contribution >= 0.6 is 15.9 Å². The number of para-hydroxylation sites is 1. The second-order valence-corrected chi connectivity index (χ2v) is 4.73. The number of nitrogens with one attached hydrogen (secondary N) is 1. The summed E-state index contributed by atoms with van der Waals surface area (Å²) in [5.41, 5.74) is 7.12. The molecule has 0 aromatic heterocycles. The van der Waals surface area contributed by atoms with E-state index in [4.69, 9.17) is 11.1 Å². The molecular weight excluding hydrogens is 296 g/mol. The van der Waals surface area contributed by atoms with Crippen LogP contribution in [0.3, 0.4) is 0 Å². The quantitative estimate of drug-likeness (QED) is 0.650. The topological polar surface area (TPSA) is 73.4 Å². The number of halogens is 1. The molecule has 0 aliphatic rings. The van der Waals surface area contributed by atoms with Crippen LogP contribution in [0.15, 0.2) is 22.7 Å². The van der Waals surface area contributed by atoms with Crippen LogP contribution in [0, 0.1) is 12.3 Å². The first-order valence-corrected chi connectivity index (χ1v) is 6.33. The lowest BCUT2D eigenvalue weighted by molar-refractivity contribution is 0.232. The van der Waals surface area contributed by atoms with Crippen LogP contribution in [-0.4, -0.2) is 30.5 Å². The lowest BCUT2D eigenvalue weighted by Gasteiger charge is -2.28. The average Bonchev–Trinajstić information content (AvgIpc) is 2.32. The summed E-state index contributed by atoms with van der Waals surface area (Å²) in [6.07, 6.45) is 0. The molecule has 0 spiro atoms. The van der Waals surface area contributed by atoms with Crippen LogP contribution in [0.1, 0.15) is 12.5 Å². The molecule has 0 atom stereocenters. The Balaban J connectivity index is 3.18. The fraction of sp³-hybridized carbons (Fsp3) is 0.333. The van der Waals surface area contributed by atoms with E-state index >= 15 is 0 Å². The zero-order valence-corrected chi connectivity index (χ0v) is 12.3. The first-order chi connectivity index (χ1) is 8.40. The van der Waals surface area contributed by atoms with E-state index in [2.05, 4.69) is 15.9 Å². The number of anilines is 1. The minimum atomic E-state index is -0.319. The Morgan fingerprint density at radius 3 is 2.56 bits per heavy atom. The molecule has 0 saturated heterocycles. The first kappa shape index (κ1) is 14.5. The van der Waals surface area contributed by atoms with Gasteiger partial charge in [0.2, 0.25) is 0 Å². The van der Waals surface area contributed by atoms with Gasteiger partial charge in [-0.25, -0.2) is 4.79 Å². The molecule has 5 nitrogen and oxygen atoms in total. The predicted molar refractivity (Wildman–Crippen MR) is 77.0 cm³/mol. The number of rotatable bonds is 2. The molecule has 0 unspecified atom stereocenters. The van der Waals surface area contributed by atoms with Crippen molar-refractivity contribution in [3.63, 3.8) is 0 Å². The zero-order chi connectivity index (χ0) is 13.9. The summed E-state index contributed by atoms with van der Waals surface area (Å²) in [4.78, 5) is 14.9. The van der Waals surface area contributed by atoms with Gasteiger partial charge in [0.25, 0.3) is 0 Å². The van der Waals surface area contributed by atoms with Crippen molar-refractivity contribution in [3.8, 4) is 0 Å². The predicted octanol–water partition coefficient (Wildman–Crippen LogP) is 2.53. The Morgan fingerprint density at radius 1 is 1.50 bits per heavy atom. The lowest BCUT2D eigenvalue weighted by Crippen LogP contribution is -2.47. The molecule has 1 aromatic carbocycles. The molecule has 2 amide bonds. The number of carbonyl (C=O) groups excluding carboxylic acids is 1. The van der Waals surface area contributed by atoms with Gasteiger partial charge in [-0.1, -0.05) is 12.1 Å². The minimum absolute atomic E-state index is 0.275. The van der Waals surface area contributed by atoms with Gasteiger partial charge in [0.1, 0.15) is 0 Å². The molecule has 1 rings (SSSR count). The molecule has 3 N–H and O–H groups in total. The fourth-order valence-electron chi connectivity index (χ4n) is 1.64. The number of aryl methyl sites for hydroxylation is 1. The van der Waals surface area contributed by atoms with Crippen molar-refractivity contribution in [3.05, 3.63) is 28.2 Å². The maximum Gasteiger partial charge on any atom is 0.331 e. The van der Waals surface area contributed by atoms with E-state index in [1.54, 1.807) is 4.90 Å². The second-order valence-electron chi connectivity index (χ2n) is 3.88. The summed E-state index contributed by atoms with van der Waals surface area (Å²) >= 11 is 3.45. The van der Waals surface area contributed by atoms with Gasteiger partial charge in [-0.15, -0.1) is 0 Å². The van der Waals surface area contributed by atoms with Gasteiger partial charge in [-0.05, 0) is 41.4 Å². The van der Waals surface area contributed by atoms with Gasteiger partial charge in [0, 0.05) is 18.1 Å². The molecular formula is C12H17BrN4O. The molecule has 98 valence electrons. The van der Waals surface area contributed by atoms with E-state index in [-0.39, 0.29) is 12.0 Å². The van der Waals surface area contributed by atoms with E-state index in [0.29, 0.717) is 6.54 Å². The van der Waals surface area contributed by atoms with Gasteiger partial charge in [0.15, 0.2) is 5.96 Å². The number of carbonyl (C=O) groups is 1. The van der Waals surface area contributed by atoms with Crippen molar-refractivity contribution in [2.75, 3.05) is 18.5 Å². The third-order valence-corrected chi connectivity index (χ3v) is 3.29. The maximum absolute atomic E-state index is 12.2. The van der Waals surface area contributed by atoms with Crippen molar-refractivity contribution < 1.29 is 4.79 Å². The Hall–Kier alpha value is -1.56. The highest BCUT2D eigenvalue weighted by molar-refractivity contribution is 9.10. The Bertz CT molecular complexity index is 455. The van der Waals surface area contributed by atoms with Gasteiger partial charge >= 0.3 is 6.03 Å². The molecule has 0 bridgehead atoms. The van der Waals surface area contributed by atoms with E-state index < -0.39 is 0 Å². The standard InChI is InChI=1S/C12H17BrN4O/c1-4-17(12(18)16(3)11(14)15)10-8(2)6-5-7-9(10)13/h5-7H,4H2,1-3H3,(H3,14,15). The van der Waals surface area contributed by atoms with Gasteiger partial charge in [-0.2, -0.15) is 0 Å². The third-order valence-electron chi connectivity index (χ3n) is 2.65. The number of urea groups is 1. The van der Waals surface area contributed by atoms with Crippen LogP contribution in [0.4, 0.5) is 10.5 Å². The summed E-state index contributed by atoms with van der Waals surface area (Å²) in [6.45, 7) is 4.31. The summed E-state index contributed by atoms with van der Waals surface area (Å²) in [5.74, 6) is -0.275. The Kier molecular flexibility index (Phi) is 4.72. The second kappa shape index (κ2) is 5.86. The largest absolute Gasteiger partial charge is 0.370 e. The number of hydrogen-bond donors (Lipinski definition) is 2. The summed E-state index contributed by atoms with van der Waals surface area (Å²) in [5, 5.41) is 7.31. The normalized spacial score (nSPS) is 10.0. The fourth-order valence-corrected chi connectivity index (χ4v) is 2.32. The van der Waals surface area contributed by atoms with Crippen molar-refractivity contribution in [1.29, 1.82) is 5.41 Å².